The maximum atomic E-state index is 13.0. The maximum absolute atomic E-state index is 13.0. The number of nitrogens with one attached hydrogen (secondary N) is 1. The molecule has 170 valence electrons. The van der Waals surface area contributed by atoms with E-state index in [1.165, 1.54) is 6.92 Å². The van der Waals surface area contributed by atoms with Crippen molar-refractivity contribution in [3.8, 4) is 11.5 Å². The van der Waals surface area contributed by atoms with Crippen molar-refractivity contribution in [2.24, 2.45) is 0 Å². The number of aryl methyl sites for hydroxylation is 1. The molecular weight excluding hydrogens is 426 g/mol. The minimum Gasteiger partial charge on any atom is -0.486 e. The van der Waals surface area contributed by atoms with Crippen LogP contribution in [0.2, 0.25) is 5.02 Å². The summed E-state index contributed by atoms with van der Waals surface area (Å²) in [6, 6.07) is 8.63. The van der Waals surface area contributed by atoms with Crippen LogP contribution in [0, 0.1) is 6.92 Å². The third-order valence-corrected chi connectivity index (χ3v) is 6.60. The number of amides is 1. The van der Waals surface area contributed by atoms with Gasteiger partial charge >= 0.3 is 0 Å². The third-order valence-electron chi connectivity index (χ3n) is 6.32. The number of hydrogen-bond donors (Lipinski definition) is 1. The zero-order valence-corrected chi connectivity index (χ0v) is 19.5. The Balaban J connectivity index is 1.58. The van der Waals surface area contributed by atoms with E-state index in [0.717, 1.165) is 56.9 Å². The van der Waals surface area contributed by atoms with Crippen molar-refractivity contribution in [3.63, 3.8) is 0 Å². The lowest BCUT2D eigenvalue weighted by atomic mass is 10.0. The van der Waals surface area contributed by atoms with E-state index in [1.54, 1.807) is 30.3 Å². The van der Waals surface area contributed by atoms with Crippen molar-refractivity contribution in [2.75, 3.05) is 5.32 Å². The molecule has 2 aliphatic carbocycles. The fraction of sp³-hybridized carbons (Fsp3) is 0.462. The van der Waals surface area contributed by atoms with Gasteiger partial charge in [-0.1, -0.05) is 11.6 Å². The fourth-order valence-corrected chi connectivity index (χ4v) is 4.85. The highest BCUT2D eigenvalue weighted by atomic mass is 35.5. The SMILES string of the molecule is CC(=O)c1ccc(NC(=O)c2cc(Cl)c(OC3CCCC3)c(OC3CCCC3)c2)cc1C. The summed E-state index contributed by atoms with van der Waals surface area (Å²) < 4.78 is 12.5. The molecule has 0 aliphatic heterocycles. The molecule has 0 radical (unpaired) electrons. The Morgan fingerprint density at radius 1 is 0.938 bits per heavy atom. The van der Waals surface area contributed by atoms with Crippen LogP contribution in [0.15, 0.2) is 30.3 Å². The molecule has 5 nitrogen and oxygen atoms in total. The molecule has 6 heteroatoms. The molecule has 1 N–H and O–H groups in total. The topological polar surface area (TPSA) is 64.6 Å². The maximum Gasteiger partial charge on any atom is 0.255 e. The number of halogens is 1. The Morgan fingerprint density at radius 2 is 1.56 bits per heavy atom. The molecule has 2 aromatic carbocycles. The second-order valence-corrected chi connectivity index (χ2v) is 9.28. The molecule has 32 heavy (non-hydrogen) atoms. The zero-order valence-electron chi connectivity index (χ0n) is 18.7. The van der Waals surface area contributed by atoms with Crippen LogP contribution in [0.1, 0.15) is 84.6 Å². The Morgan fingerprint density at radius 3 is 2.16 bits per heavy atom. The van der Waals surface area contributed by atoms with Gasteiger partial charge in [0.15, 0.2) is 17.3 Å². The van der Waals surface area contributed by atoms with Gasteiger partial charge in [-0.3, -0.25) is 9.59 Å². The van der Waals surface area contributed by atoms with E-state index in [2.05, 4.69) is 5.32 Å². The molecule has 0 spiro atoms. The lowest BCUT2D eigenvalue weighted by Crippen LogP contribution is -2.17. The first-order chi connectivity index (χ1) is 15.4. The van der Waals surface area contributed by atoms with E-state index in [9.17, 15) is 9.59 Å². The number of anilines is 1. The largest absolute Gasteiger partial charge is 0.486 e. The van der Waals surface area contributed by atoms with Crippen LogP contribution in [0.4, 0.5) is 5.69 Å². The Hall–Kier alpha value is -2.53. The fourth-order valence-electron chi connectivity index (χ4n) is 4.60. The molecule has 2 fully saturated rings. The van der Waals surface area contributed by atoms with Gasteiger partial charge in [0.25, 0.3) is 5.91 Å². The normalized spacial score (nSPS) is 16.8. The first kappa shape index (κ1) is 22.7. The van der Waals surface area contributed by atoms with Crippen LogP contribution in [-0.4, -0.2) is 23.9 Å². The van der Waals surface area contributed by atoms with Crippen LogP contribution < -0.4 is 14.8 Å². The average molecular weight is 456 g/mol. The monoisotopic (exact) mass is 455 g/mol. The standard InChI is InChI=1S/C26H30ClNO4/c1-16-13-19(11-12-22(16)17(2)29)28-26(30)18-14-23(27)25(32-21-9-5-6-10-21)24(15-18)31-20-7-3-4-8-20/h11-15,20-21H,3-10H2,1-2H3,(H,28,30). The highest BCUT2D eigenvalue weighted by molar-refractivity contribution is 6.32. The number of benzene rings is 2. The molecule has 0 unspecified atom stereocenters. The number of ether oxygens (including phenoxy) is 2. The summed E-state index contributed by atoms with van der Waals surface area (Å²) in [4.78, 5) is 24.7. The van der Waals surface area contributed by atoms with E-state index in [0.29, 0.717) is 33.3 Å². The van der Waals surface area contributed by atoms with Crippen molar-refractivity contribution in [3.05, 3.63) is 52.0 Å². The Bertz CT molecular complexity index is 1010. The summed E-state index contributed by atoms with van der Waals surface area (Å²) in [7, 11) is 0. The molecule has 2 saturated carbocycles. The lowest BCUT2D eigenvalue weighted by molar-refractivity contribution is 0.101. The van der Waals surface area contributed by atoms with E-state index < -0.39 is 0 Å². The second kappa shape index (κ2) is 9.95. The summed E-state index contributed by atoms with van der Waals surface area (Å²) in [5, 5.41) is 3.29. The van der Waals surface area contributed by atoms with Crippen molar-refractivity contribution in [2.45, 2.75) is 77.4 Å². The van der Waals surface area contributed by atoms with Crippen molar-refractivity contribution in [1.29, 1.82) is 0 Å². The number of rotatable bonds is 7. The van der Waals surface area contributed by atoms with Gasteiger partial charge in [-0.2, -0.15) is 0 Å². The molecule has 0 saturated heterocycles. The third kappa shape index (κ3) is 5.26. The van der Waals surface area contributed by atoms with Crippen molar-refractivity contribution in [1.82, 2.24) is 0 Å². The predicted molar refractivity (Wildman–Crippen MR) is 126 cm³/mol. The van der Waals surface area contributed by atoms with Gasteiger partial charge in [-0.15, -0.1) is 0 Å². The van der Waals surface area contributed by atoms with Crippen LogP contribution >= 0.6 is 11.6 Å². The molecule has 2 aromatic rings. The highest BCUT2D eigenvalue weighted by Gasteiger charge is 2.25. The summed E-state index contributed by atoms with van der Waals surface area (Å²) >= 11 is 6.60. The van der Waals surface area contributed by atoms with Crippen LogP contribution in [0.25, 0.3) is 0 Å². The van der Waals surface area contributed by atoms with Crippen LogP contribution in [0.3, 0.4) is 0 Å². The molecule has 0 aromatic heterocycles. The summed E-state index contributed by atoms with van der Waals surface area (Å²) in [5.41, 5.74) is 2.50. The first-order valence-electron chi connectivity index (χ1n) is 11.5. The number of hydrogen-bond acceptors (Lipinski definition) is 4. The highest BCUT2D eigenvalue weighted by Crippen LogP contribution is 2.41. The second-order valence-electron chi connectivity index (χ2n) is 8.87. The van der Waals surface area contributed by atoms with Crippen LogP contribution in [0.5, 0.6) is 11.5 Å². The predicted octanol–water partition coefficient (Wildman–Crippen LogP) is 6.75. The molecule has 2 aliphatic rings. The van der Waals surface area contributed by atoms with Crippen molar-refractivity contribution >= 4 is 29.0 Å². The molecule has 0 atom stereocenters. The molecule has 4 rings (SSSR count). The molecular formula is C26H30ClNO4. The van der Waals surface area contributed by atoms with Gasteiger partial charge in [-0.25, -0.2) is 0 Å². The summed E-state index contributed by atoms with van der Waals surface area (Å²) in [5.74, 6) is 0.803. The van der Waals surface area contributed by atoms with Crippen molar-refractivity contribution < 1.29 is 19.1 Å². The van der Waals surface area contributed by atoms with E-state index in [4.69, 9.17) is 21.1 Å². The Kier molecular flexibility index (Phi) is 7.04. The summed E-state index contributed by atoms with van der Waals surface area (Å²) in [6.45, 7) is 3.38. The van der Waals surface area contributed by atoms with Gasteiger partial charge in [-0.05, 0) is 101 Å². The number of carbonyl (C=O) groups excluding carboxylic acids is 2. The van der Waals surface area contributed by atoms with E-state index in [1.807, 2.05) is 6.92 Å². The van der Waals surface area contributed by atoms with Gasteiger partial charge in [0.2, 0.25) is 0 Å². The van der Waals surface area contributed by atoms with E-state index >= 15 is 0 Å². The number of Topliss-reactive ketones (excluding diaryl/α,β-unsaturated/α-hetero) is 1. The van der Waals surface area contributed by atoms with Gasteiger partial charge in [0.05, 0.1) is 17.2 Å². The quantitative estimate of drug-likeness (QED) is 0.469. The zero-order chi connectivity index (χ0) is 22.7. The number of carbonyl (C=O) groups is 2. The molecule has 0 heterocycles. The van der Waals surface area contributed by atoms with Gasteiger partial charge in [0, 0.05) is 16.8 Å². The smallest absolute Gasteiger partial charge is 0.255 e. The lowest BCUT2D eigenvalue weighted by Gasteiger charge is -2.21. The van der Waals surface area contributed by atoms with E-state index in [-0.39, 0.29) is 23.9 Å². The molecule has 1 amide bonds. The summed E-state index contributed by atoms with van der Waals surface area (Å²) in [6.07, 6.45) is 8.89. The minimum atomic E-state index is -0.287. The number of ketones is 1. The first-order valence-corrected chi connectivity index (χ1v) is 11.9. The van der Waals surface area contributed by atoms with Gasteiger partial charge in [0.1, 0.15) is 0 Å². The van der Waals surface area contributed by atoms with Crippen LogP contribution in [-0.2, 0) is 0 Å². The molecule has 0 bridgehead atoms. The average Bonchev–Trinajstić information content (AvgIpc) is 3.44. The Labute approximate surface area is 194 Å². The minimum absolute atomic E-state index is 0.00119. The van der Waals surface area contributed by atoms with Gasteiger partial charge < -0.3 is 14.8 Å².